The van der Waals surface area contributed by atoms with Gasteiger partial charge in [0.2, 0.25) is 0 Å². The zero-order valence-corrected chi connectivity index (χ0v) is 7.75. The lowest BCUT2D eigenvalue weighted by molar-refractivity contribution is 0.412. The van der Waals surface area contributed by atoms with Crippen LogP contribution in [0.1, 0.15) is 5.56 Å². The van der Waals surface area contributed by atoms with E-state index in [0.717, 1.165) is 0 Å². The lowest BCUT2D eigenvalue weighted by atomic mass is 10.2. The minimum absolute atomic E-state index is 0.144. The maximum atomic E-state index is 10.6. The fourth-order valence-electron chi connectivity index (χ4n) is 0.886. The Hall–Kier alpha value is -1.54. The van der Waals surface area contributed by atoms with Gasteiger partial charge in [-0.25, -0.2) is 8.42 Å². The Balaban J connectivity index is 3.31. The van der Waals surface area contributed by atoms with E-state index in [-0.39, 0.29) is 10.6 Å². The van der Waals surface area contributed by atoms with Crippen molar-refractivity contribution in [2.24, 2.45) is 0 Å². The van der Waals surface area contributed by atoms with Crippen molar-refractivity contribution in [3.05, 3.63) is 23.8 Å². The summed E-state index contributed by atoms with van der Waals surface area (Å²) in [5, 5.41) is 8.60. The number of ether oxygens (including phenoxy) is 1. The van der Waals surface area contributed by atoms with Gasteiger partial charge in [-0.3, -0.25) is 0 Å². The van der Waals surface area contributed by atoms with Crippen LogP contribution in [0.25, 0.3) is 0 Å². The van der Waals surface area contributed by atoms with Crippen molar-refractivity contribution in [3.8, 4) is 11.8 Å². The Bertz CT molecular complexity index is 424. The van der Waals surface area contributed by atoms with Crippen molar-refractivity contribution < 1.29 is 13.2 Å². The molecule has 0 saturated heterocycles. The quantitative estimate of drug-likeness (QED) is 0.702. The number of hydrogen-bond acceptors (Lipinski definition) is 4. The highest BCUT2D eigenvalue weighted by Crippen LogP contribution is 2.19. The molecule has 13 heavy (non-hydrogen) atoms. The summed E-state index contributed by atoms with van der Waals surface area (Å²) in [4.78, 5) is 0.144. The van der Waals surface area contributed by atoms with Crippen LogP contribution in [0.3, 0.4) is 0 Å². The summed E-state index contributed by atoms with van der Waals surface area (Å²) in [6.45, 7) is 0. The van der Waals surface area contributed by atoms with Gasteiger partial charge >= 0.3 is 0 Å². The molecular weight excluding hydrogens is 190 g/mol. The predicted molar refractivity (Wildman–Crippen MR) is 46.3 cm³/mol. The molecule has 0 aliphatic rings. The highest BCUT2D eigenvalue weighted by Gasteiger charge is 2.04. The minimum Gasteiger partial charge on any atom is -0.495 e. The third kappa shape index (κ3) is 1.98. The minimum atomic E-state index is -2.62. The average molecular weight is 197 g/mol. The van der Waals surface area contributed by atoms with Gasteiger partial charge in [-0.05, 0) is 18.2 Å². The number of thiol groups is 1. The van der Waals surface area contributed by atoms with Gasteiger partial charge < -0.3 is 4.74 Å². The highest BCUT2D eigenvalue weighted by molar-refractivity contribution is 7.72. The SMILES string of the molecule is COc1cc([SH](=O)=O)ccc1C#N. The second-order valence-corrected chi connectivity index (χ2v) is 3.28. The number of methoxy groups -OCH3 is 1. The van der Waals surface area contributed by atoms with Gasteiger partial charge in [0.15, 0.2) is 10.7 Å². The van der Waals surface area contributed by atoms with Crippen LogP contribution in [0.4, 0.5) is 0 Å². The van der Waals surface area contributed by atoms with Crippen LogP contribution in [0.5, 0.6) is 5.75 Å². The van der Waals surface area contributed by atoms with E-state index >= 15 is 0 Å². The van der Waals surface area contributed by atoms with Crippen LogP contribution >= 0.6 is 0 Å². The molecule has 0 fully saturated rings. The molecule has 0 unspecified atom stereocenters. The van der Waals surface area contributed by atoms with Crippen LogP contribution in [0.2, 0.25) is 0 Å². The fourth-order valence-corrected chi connectivity index (χ4v) is 1.30. The molecule has 4 nitrogen and oxygen atoms in total. The Kier molecular flexibility index (Phi) is 2.88. The van der Waals surface area contributed by atoms with Crippen molar-refractivity contribution in [2.75, 3.05) is 7.11 Å². The first-order chi connectivity index (χ1) is 6.19. The molecule has 0 spiro atoms. The van der Waals surface area contributed by atoms with Crippen LogP contribution < -0.4 is 4.74 Å². The molecule has 1 aromatic rings. The standard InChI is InChI=1S/C8H7NO3S/c1-12-8-4-7(13(10)11)3-2-6(8)5-9/h2-4,13H,1H3. The summed E-state index contributed by atoms with van der Waals surface area (Å²) >= 11 is 0. The van der Waals surface area contributed by atoms with Gasteiger partial charge in [0.1, 0.15) is 11.8 Å². The van der Waals surface area contributed by atoms with Crippen LogP contribution in [-0.4, -0.2) is 15.5 Å². The molecule has 68 valence electrons. The molecule has 1 rings (SSSR count). The zero-order chi connectivity index (χ0) is 9.84. The Morgan fingerprint density at radius 2 is 2.15 bits per heavy atom. The molecular formula is C8H7NO3S. The van der Waals surface area contributed by atoms with Gasteiger partial charge in [0, 0.05) is 0 Å². The van der Waals surface area contributed by atoms with Crippen molar-refractivity contribution in [1.29, 1.82) is 5.26 Å². The smallest absolute Gasteiger partial charge is 0.168 e. The van der Waals surface area contributed by atoms with E-state index in [4.69, 9.17) is 10.00 Å². The summed E-state index contributed by atoms with van der Waals surface area (Å²) < 4.78 is 26.0. The molecule has 0 bridgehead atoms. The summed E-state index contributed by atoms with van der Waals surface area (Å²) in [5.74, 6) is 0.277. The number of nitrogens with zero attached hydrogens (tertiary/aromatic N) is 1. The molecule has 0 atom stereocenters. The lowest BCUT2D eigenvalue weighted by Crippen LogP contribution is -1.89. The summed E-state index contributed by atoms with van der Waals surface area (Å²) in [7, 11) is -1.24. The second-order valence-electron chi connectivity index (χ2n) is 2.25. The van der Waals surface area contributed by atoms with E-state index in [0.29, 0.717) is 5.56 Å². The molecule has 0 aliphatic carbocycles. The van der Waals surface area contributed by atoms with Gasteiger partial charge in [-0.1, -0.05) is 0 Å². The number of nitriles is 1. The van der Waals surface area contributed by atoms with Gasteiger partial charge in [-0.15, -0.1) is 0 Å². The van der Waals surface area contributed by atoms with E-state index in [1.165, 1.54) is 25.3 Å². The normalized spacial score (nSPS) is 9.62. The molecule has 1 aromatic carbocycles. The van der Waals surface area contributed by atoms with Crippen molar-refractivity contribution >= 4 is 10.7 Å². The molecule has 0 amide bonds. The van der Waals surface area contributed by atoms with Gasteiger partial charge in [0.05, 0.1) is 17.6 Å². The number of rotatable bonds is 2. The molecule has 0 N–H and O–H groups in total. The number of benzene rings is 1. The molecule has 5 heteroatoms. The van der Waals surface area contributed by atoms with E-state index < -0.39 is 10.7 Å². The van der Waals surface area contributed by atoms with Crippen molar-refractivity contribution in [1.82, 2.24) is 0 Å². The largest absolute Gasteiger partial charge is 0.495 e. The lowest BCUT2D eigenvalue weighted by Gasteiger charge is -2.01. The third-order valence-electron chi connectivity index (χ3n) is 1.52. The van der Waals surface area contributed by atoms with Crippen LogP contribution in [-0.2, 0) is 10.7 Å². The maximum Gasteiger partial charge on any atom is 0.168 e. The maximum absolute atomic E-state index is 10.6. The topological polar surface area (TPSA) is 67.2 Å². The van der Waals surface area contributed by atoms with Crippen molar-refractivity contribution in [2.45, 2.75) is 4.90 Å². The first-order valence-corrected chi connectivity index (χ1v) is 4.59. The Morgan fingerprint density at radius 1 is 1.46 bits per heavy atom. The third-order valence-corrected chi connectivity index (χ3v) is 2.22. The monoisotopic (exact) mass is 197 g/mol. The molecule has 0 saturated carbocycles. The van der Waals surface area contributed by atoms with Crippen LogP contribution in [0, 0.1) is 11.3 Å². The van der Waals surface area contributed by atoms with Crippen LogP contribution in [0.15, 0.2) is 23.1 Å². The van der Waals surface area contributed by atoms with E-state index in [1.54, 1.807) is 0 Å². The first kappa shape index (κ1) is 9.55. The molecule has 0 radical (unpaired) electrons. The second kappa shape index (κ2) is 3.92. The summed E-state index contributed by atoms with van der Waals surface area (Å²) in [6.07, 6.45) is 0. The molecule has 0 aromatic heterocycles. The zero-order valence-electron chi connectivity index (χ0n) is 6.85. The summed E-state index contributed by atoms with van der Waals surface area (Å²) in [6, 6.07) is 6.00. The highest BCUT2D eigenvalue weighted by atomic mass is 32.2. The van der Waals surface area contributed by atoms with Crippen molar-refractivity contribution in [3.63, 3.8) is 0 Å². The molecule has 0 heterocycles. The van der Waals surface area contributed by atoms with E-state index in [1.807, 2.05) is 6.07 Å². The van der Waals surface area contributed by atoms with Gasteiger partial charge in [-0.2, -0.15) is 5.26 Å². The summed E-state index contributed by atoms with van der Waals surface area (Å²) in [5.41, 5.74) is 0.322. The Morgan fingerprint density at radius 3 is 2.62 bits per heavy atom. The van der Waals surface area contributed by atoms with Gasteiger partial charge in [0.25, 0.3) is 0 Å². The fraction of sp³-hybridized carbons (Fsp3) is 0.125. The number of hydrogen-bond donors (Lipinski definition) is 1. The van der Waals surface area contributed by atoms with E-state index in [9.17, 15) is 8.42 Å². The average Bonchev–Trinajstić information content (AvgIpc) is 2.16. The molecule has 0 aliphatic heterocycles. The Labute approximate surface area is 77.3 Å². The van der Waals surface area contributed by atoms with E-state index in [2.05, 4.69) is 0 Å². The predicted octanol–water partition coefficient (Wildman–Crippen LogP) is 0.537. The first-order valence-electron chi connectivity index (χ1n) is 3.41.